The third kappa shape index (κ3) is 2.19. The molecule has 1 aliphatic carbocycles. The number of carboxylic acids is 1. The van der Waals surface area contributed by atoms with Gasteiger partial charge in [0.25, 0.3) is 0 Å². The van der Waals surface area contributed by atoms with Crippen LogP contribution >= 0.6 is 0 Å². The van der Waals surface area contributed by atoms with Crippen LogP contribution in [0.3, 0.4) is 0 Å². The van der Waals surface area contributed by atoms with Gasteiger partial charge in [-0.2, -0.15) is 0 Å². The molecule has 0 aliphatic heterocycles. The Kier molecular flexibility index (Phi) is 3.09. The summed E-state index contributed by atoms with van der Waals surface area (Å²) in [4.78, 5) is 10.5. The molecular formula is C7H11AtO2. The average molecular weight is 337 g/mol. The molecular weight excluding hydrogens is 326 g/mol. The molecule has 0 spiro atoms. The van der Waals surface area contributed by atoms with Crippen molar-refractivity contribution in [3.8, 4) is 0 Å². The predicted molar refractivity (Wildman–Crippen MR) is 33.3 cm³/mol. The summed E-state index contributed by atoms with van der Waals surface area (Å²) in [5.41, 5.74) is 0. The Morgan fingerprint density at radius 1 is 1.30 bits per heavy atom. The second-order valence-corrected chi connectivity index (χ2v) is 5.19. The molecule has 1 fully saturated rings. The molecule has 0 aromatic carbocycles. The molecule has 0 aromatic heterocycles. The van der Waals surface area contributed by atoms with Crippen LogP contribution in [0.1, 0.15) is 25.7 Å². The van der Waals surface area contributed by atoms with Crippen molar-refractivity contribution in [3.05, 3.63) is 0 Å². The van der Waals surface area contributed by atoms with Crippen molar-refractivity contribution in [2.24, 2.45) is 5.92 Å². The van der Waals surface area contributed by atoms with Crippen LogP contribution in [0.25, 0.3) is 0 Å². The van der Waals surface area contributed by atoms with Gasteiger partial charge in [-0.15, -0.1) is 0 Å². The van der Waals surface area contributed by atoms with Gasteiger partial charge in [-0.05, 0) is 0 Å². The van der Waals surface area contributed by atoms with Gasteiger partial charge >= 0.3 is 75.8 Å². The van der Waals surface area contributed by atoms with Crippen molar-refractivity contribution >= 4 is 5.97 Å². The summed E-state index contributed by atoms with van der Waals surface area (Å²) in [7, 11) is 0. The molecule has 58 valence electrons. The zero-order chi connectivity index (χ0) is 7.56. The van der Waals surface area contributed by atoms with Crippen molar-refractivity contribution in [2.45, 2.75) is 29.3 Å². The first-order chi connectivity index (χ1) is 4.70. The van der Waals surface area contributed by atoms with E-state index in [4.69, 9.17) is 5.11 Å². The fraction of sp³-hybridized carbons (Fsp3) is 0.857. The summed E-state index contributed by atoms with van der Waals surface area (Å²) in [6, 6.07) is 0. The van der Waals surface area contributed by atoms with Gasteiger partial charge in [0.1, 0.15) is 0 Å². The Hall–Kier alpha value is 0.353. The zero-order valence-corrected chi connectivity index (χ0v) is 8.66. The van der Waals surface area contributed by atoms with E-state index in [0.29, 0.717) is 0 Å². The molecule has 0 heterocycles. The molecule has 0 atom stereocenters. The first kappa shape index (κ1) is 8.45. The van der Waals surface area contributed by atoms with Gasteiger partial charge in [0.05, 0.1) is 0 Å². The molecule has 1 saturated carbocycles. The van der Waals surface area contributed by atoms with Crippen molar-refractivity contribution in [2.75, 3.05) is 0 Å². The minimum atomic E-state index is -0.599. The van der Waals surface area contributed by atoms with E-state index in [2.05, 4.69) is 0 Å². The van der Waals surface area contributed by atoms with E-state index in [1.807, 2.05) is 24.7 Å². The molecule has 0 unspecified atom stereocenters. The standard InChI is InChI=1S/C7H11AtO2/c8-6-3-1-5(2-4-6)7(9)10/h5-6H,1-4H2,(H,9,10). The molecule has 0 bridgehead atoms. The van der Waals surface area contributed by atoms with Crippen molar-refractivity contribution in [1.29, 1.82) is 0 Å². The van der Waals surface area contributed by atoms with E-state index >= 15 is 0 Å². The van der Waals surface area contributed by atoms with Crippen LogP contribution < -0.4 is 0 Å². The van der Waals surface area contributed by atoms with Crippen molar-refractivity contribution < 1.29 is 34.6 Å². The van der Waals surface area contributed by atoms with Crippen LogP contribution in [0.4, 0.5) is 0 Å². The van der Waals surface area contributed by atoms with Crippen LogP contribution in [-0.4, -0.2) is 11.1 Å². The zero-order valence-electron chi connectivity index (χ0n) is 5.72. The third-order valence-electron chi connectivity index (χ3n) is 2.01. The predicted octanol–water partition coefficient (Wildman–Crippen LogP) is 1.60. The normalized spacial score (nSPS) is 33.7. The van der Waals surface area contributed by atoms with E-state index in [-0.39, 0.29) is 5.92 Å². The molecule has 1 aliphatic rings. The van der Waals surface area contributed by atoms with Gasteiger partial charge < -0.3 is 0 Å². The number of carbonyl (C=O) groups is 1. The molecule has 0 aromatic rings. The number of aliphatic carboxylic acids is 1. The summed E-state index contributed by atoms with van der Waals surface area (Å²) in [5.74, 6) is -0.635. The number of hydrogen-bond donors (Lipinski definition) is 1. The molecule has 0 radical (unpaired) electrons. The molecule has 3 heteroatoms. The Labute approximate surface area is 75.8 Å². The fourth-order valence-corrected chi connectivity index (χ4v) is 2.28. The number of rotatable bonds is 1. The summed E-state index contributed by atoms with van der Waals surface area (Å²) >= 11 is 1.81. The van der Waals surface area contributed by atoms with E-state index in [9.17, 15) is 4.79 Å². The third-order valence-corrected chi connectivity index (χ3v) is 3.70. The minimum absolute atomic E-state index is 0.0363. The van der Waals surface area contributed by atoms with Gasteiger partial charge in [-0.3, -0.25) is 0 Å². The quantitative estimate of drug-likeness (QED) is 0.789. The van der Waals surface area contributed by atoms with E-state index in [1.165, 1.54) is 0 Å². The second-order valence-electron chi connectivity index (χ2n) is 2.79. The first-order valence-electron chi connectivity index (χ1n) is 3.57. The van der Waals surface area contributed by atoms with Gasteiger partial charge in [0.15, 0.2) is 0 Å². The van der Waals surface area contributed by atoms with Crippen molar-refractivity contribution in [3.63, 3.8) is 0 Å². The second kappa shape index (κ2) is 3.66. The summed E-state index contributed by atoms with van der Waals surface area (Å²) < 4.78 is 0.801. The number of hydrogen-bond acceptors (Lipinski definition) is 1. The summed E-state index contributed by atoms with van der Waals surface area (Å²) in [6.07, 6.45) is 4.04. The van der Waals surface area contributed by atoms with Crippen LogP contribution in [0.15, 0.2) is 0 Å². The fourth-order valence-electron chi connectivity index (χ4n) is 1.30. The van der Waals surface area contributed by atoms with Gasteiger partial charge in [-0.25, -0.2) is 0 Å². The van der Waals surface area contributed by atoms with Crippen LogP contribution in [0.2, 0.25) is 3.63 Å². The summed E-state index contributed by atoms with van der Waals surface area (Å²) in [5, 5.41) is 8.63. The van der Waals surface area contributed by atoms with E-state index in [0.717, 1.165) is 29.3 Å². The Bertz CT molecular complexity index is 128. The molecule has 10 heavy (non-hydrogen) atoms. The van der Waals surface area contributed by atoms with E-state index in [1.54, 1.807) is 0 Å². The van der Waals surface area contributed by atoms with Gasteiger partial charge in [0.2, 0.25) is 0 Å². The molecule has 2 nitrogen and oxygen atoms in total. The molecule has 0 amide bonds. The maximum absolute atomic E-state index is 10.5. The van der Waals surface area contributed by atoms with Gasteiger partial charge in [0, 0.05) is 0 Å². The SMILES string of the molecule is O=C(O)C1CCC([At])CC1. The first-order valence-corrected chi connectivity index (χ1v) is 5.26. The average Bonchev–Trinajstić information content (AvgIpc) is 1.88. The number of carboxylic acid groups (broad SMARTS) is 1. The van der Waals surface area contributed by atoms with E-state index < -0.39 is 5.97 Å². The Morgan fingerprint density at radius 3 is 2.20 bits per heavy atom. The van der Waals surface area contributed by atoms with Crippen molar-refractivity contribution in [1.82, 2.24) is 0 Å². The van der Waals surface area contributed by atoms with Gasteiger partial charge in [-0.1, -0.05) is 0 Å². The Morgan fingerprint density at radius 2 is 1.80 bits per heavy atom. The van der Waals surface area contributed by atoms with Crippen LogP contribution in [0, 0.1) is 30.6 Å². The maximum atomic E-state index is 10.5. The molecule has 1 N–H and O–H groups in total. The molecule has 1 rings (SSSR count). The van der Waals surface area contributed by atoms with Crippen LogP contribution in [0.5, 0.6) is 0 Å². The monoisotopic (exact) mass is 337 g/mol. The Balaban J connectivity index is 2.33. The molecule has 0 saturated heterocycles. The topological polar surface area (TPSA) is 37.3 Å². The summed E-state index contributed by atoms with van der Waals surface area (Å²) in [6.45, 7) is 0. The van der Waals surface area contributed by atoms with Crippen LogP contribution in [-0.2, 0) is 4.79 Å².